The molecule has 0 radical (unpaired) electrons. The van der Waals surface area contributed by atoms with Crippen LogP contribution in [0.15, 0.2) is 24.3 Å². The quantitative estimate of drug-likeness (QED) is 0.860. The number of aliphatic hydroxyl groups is 1. The van der Waals surface area contributed by atoms with Crippen molar-refractivity contribution < 1.29 is 14.6 Å². The zero-order chi connectivity index (χ0) is 14.4. The van der Waals surface area contributed by atoms with E-state index in [9.17, 15) is 9.90 Å². The minimum Gasteiger partial charge on any atom is -0.391 e. The number of carbonyl (C=O) groups is 1. The molecule has 0 aromatic heterocycles. The first-order valence-electron chi connectivity index (χ1n) is 6.75. The number of nitrogens with one attached hydrogen (secondary N) is 1. The van der Waals surface area contributed by atoms with Crippen molar-refractivity contribution in [3.8, 4) is 6.07 Å². The summed E-state index contributed by atoms with van der Waals surface area (Å²) in [4.78, 5) is 11.9. The Labute approximate surface area is 118 Å². The van der Waals surface area contributed by atoms with Crippen LogP contribution in [-0.2, 0) is 4.74 Å². The third-order valence-electron chi connectivity index (χ3n) is 3.54. The molecular weight excluding hydrogens is 256 g/mol. The van der Waals surface area contributed by atoms with Gasteiger partial charge in [-0.3, -0.25) is 4.79 Å². The van der Waals surface area contributed by atoms with Crippen molar-refractivity contribution in [3.63, 3.8) is 0 Å². The molecule has 0 saturated carbocycles. The Hall–Kier alpha value is -1.90. The highest BCUT2D eigenvalue weighted by atomic mass is 16.5. The lowest BCUT2D eigenvalue weighted by Crippen LogP contribution is -2.38. The van der Waals surface area contributed by atoms with Gasteiger partial charge in [0.15, 0.2) is 0 Å². The zero-order valence-electron chi connectivity index (χ0n) is 11.2. The molecule has 1 atom stereocenters. The molecule has 1 aromatic carbocycles. The van der Waals surface area contributed by atoms with Gasteiger partial charge in [-0.2, -0.15) is 5.26 Å². The van der Waals surface area contributed by atoms with Crippen molar-refractivity contribution in [3.05, 3.63) is 35.4 Å². The molecule has 1 aromatic rings. The van der Waals surface area contributed by atoms with E-state index in [2.05, 4.69) is 5.32 Å². The fraction of sp³-hybridized carbons (Fsp3) is 0.467. The molecule has 0 spiro atoms. The van der Waals surface area contributed by atoms with Gasteiger partial charge in [0, 0.05) is 25.3 Å². The lowest BCUT2D eigenvalue weighted by atomic mass is 9.94. The van der Waals surface area contributed by atoms with Crippen LogP contribution in [0.3, 0.4) is 0 Å². The number of rotatable bonds is 4. The second kappa shape index (κ2) is 7.04. The van der Waals surface area contributed by atoms with Crippen LogP contribution in [0, 0.1) is 17.2 Å². The summed E-state index contributed by atoms with van der Waals surface area (Å²) < 4.78 is 5.24. The SMILES string of the molecule is N#Cc1cccc(C(=O)NCC(O)C2CCOCC2)c1. The molecule has 1 heterocycles. The third kappa shape index (κ3) is 3.80. The molecule has 2 rings (SSSR count). The van der Waals surface area contributed by atoms with Crippen molar-refractivity contribution in [2.75, 3.05) is 19.8 Å². The maximum Gasteiger partial charge on any atom is 0.251 e. The summed E-state index contributed by atoms with van der Waals surface area (Å²) in [6, 6.07) is 8.50. The first kappa shape index (κ1) is 14.5. The molecule has 1 saturated heterocycles. The van der Waals surface area contributed by atoms with Crippen LogP contribution in [0.4, 0.5) is 0 Å². The predicted octanol–water partition coefficient (Wildman–Crippen LogP) is 1.08. The van der Waals surface area contributed by atoms with Gasteiger partial charge in [0.25, 0.3) is 5.91 Å². The maximum absolute atomic E-state index is 11.9. The minimum atomic E-state index is -0.554. The van der Waals surface area contributed by atoms with Crippen LogP contribution < -0.4 is 5.32 Å². The van der Waals surface area contributed by atoms with Crippen LogP contribution in [0.1, 0.15) is 28.8 Å². The lowest BCUT2D eigenvalue weighted by molar-refractivity contribution is 0.00873. The van der Waals surface area contributed by atoms with E-state index in [1.165, 1.54) is 6.07 Å². The highest BCUT2D eigenvalue weighted by molar-refractivity contribution is 5.94. The molecule has 1 unspecified atom stereocenters. The average molecular weight is 274 g/mol. The van der Waals surface area contributed by atoms with Crippen LogP contribution in [-0.4, -0.2) is 36.9 Å². The third-order valence-corrected chi connectivity index (χ3v) is 3.54. The standard InChI is InChI=1S/C15H18N2O3/c16-9-11-2-1-3-13(8-11)15(19)17-10-14(18)12-4-6-20-7-5-12/h1-3,8,12,14,18H,4-7,10H2,(H,17,19). The fourth-order valence-electron chi connectivity index (χ4n) is 2.30. The topological polar surface area (TPSA) is 82.4 Å². The number of nitrogens with zero attached hydrogens (tertiary/aromatic N) is 1. The van der Waals surface area contributed by atoms with Gasteiger partial charge in [-0.15, -0.1) is 0 Å². The van der Waals surface area contributed by atoms with Crippen LogP contribution >= 0.6 is 0 Å². The van der Waals surface area contributed by atoms with Crippen molar-refractivity contribution in [1.82, 2.24) is 5.32 Å². The number of hydrogen-bond acceptors (Lipinski definition) is 4. The first-order valence-corrected chi connectivity index (χ1v) is 6.75. The molecule has 5 heteroatoms. The molecule has 0 bridgehead atoms. The molecule has 1 amide bonds. The summed E-state index contributed by atoms with van der Waals surface area (Å²) in [7, 11) is 0. The van der Waals surface area contributed by atoms with Crippen molar-refractivity contribution in [2.45, 2.75) is 18.9 Å². The summed E-state index contributed by atoms with van der Waals surface area (Å²) in [6.45, 7) is 1.56. The Kier molecular flexibility index (Phi) is 5.10. The second-order valence-electron chi connectivity index (χ2n) is 4.92. The van der Waals surface area contributed by atoms with Crippen molar-refractivity contribution in [2.24, 2.45) is 5.92 Å². The molecule has 5 nitrogen and oxygen atoms in total. The normalized spacial score (nSPS) is 17.2. The summed E-state index contributed by atoms with van der Waals surface area (Å²) >= 11 is 0. The molecule has 1 fully saturated rings. The summed E-state index contributed by atoms with van der Waals surface area (Å²) in [6.07, 6.45) is 1.09. The number of aliphatic hydroxyl groups excluding tert-OH is 1. The van der Waals surface area contributed by atoms with Gasteiger partial charge in [0.2, 0.25) is 0 Å². The van der Waals surface area contributed by atoms with Gasteiger partial charge in [0.1, 0.15) is 0 Å². The Morgan fingerprint density at radius 2 is 2.25 bits per heavy atom. The van der Waals surface area contributed by atoms with E-state index >= 15 is 0 Å². The molecule has 1 aliphatic rings. The van der Waals surface area contributed by atoms with Gasteiger partial charge in [-0.05, 0) is 37.0 Å². The average Bonchev–Trinajstić information content (AvgIpc) is 2.53. The Morgan fingerprint density at radius 1 is 1.50 bits per heavy atom. The molecule has 1 aliphatic heterocycles. The smallest absolute Gasteiger partial charge is 0.251 e. The molecule has 2 N–H and O–H groups in total. The van der Waals surface area contributed by atoms with E-state index in [-0.39, 0.29) is 18.4 Å². The van der Waals surface area contributed by atoms with E-state index in [0.717, 1.165) is 12.8 Å². The maximum atomic E-state index is 11.9. The number of amides is 1. The summed E-state index contributed by atoms with van der Waals surface area (Å²) in [5, 5.41) is 21.6. The summed E-state index contributed by atoms with van der Waals surface area (Å²) in [5.74, 6) is -0.0947. The van der Waals surface area contributed by atoms with Gasteiger partial charge in [0.05, 0.1) is 17.7 Å². The van der Waals surface area contributed by atoms with Crippen LogP contribution in [0.5, 0.6) is 0 Å². The Balaban J connectivity index is 1.86. The number of nitriles is 1. The highest BCUT2D eigenvalue weighted by Gasteiger charge is 2.22. The Morgan fingerprint density at radius 3 is 2.95 bits per heavy atom. The highest BCUT2D eigenvalue weighted by Crippen LogP contribution is 2.18. The van der Waals surface area contributed by atoms with E-state index in [1.807, 2.05) is 6.07 Å². The van der Waals surface area contributed by atoms with E-state index < -0.39 is 6.10 Å². The van der Waals surface area contributed by atoms with Gasteiger partial charge < -0.3 is 15.2 Å². The van der Waals surface area contributed by atoms with E-state index in [1.54, 1.807) is 18.2 Å². The zero-order valence-corrected chi connectivity index (χ0v) is 11.2. The largest absolute Gasteiger partial charge is 0.391 e. The first-order chi connectivity index (χ1) is 9.70. The predicted molar refractivity (Wildman–Crippen MR) is 73.0 cm³/mol. The van der Waals surface area contributed by atoms with Crippen molar-refractivity contribution in [1.29, 1.82) is 5.26 Å². The van der Waals surface area contributed by atoms with E-state index in [4.69, 9.17) is 10.00 Å². The van der Waals surface area contributed by atoms with Crippen LogP contribution in [0.25, 0.3) is 0 Å². The van der Waals surface area contributed by atoms with Gasteiger partial charge >= 0.3 is 0 Å². The van der Waals surface area contributed by atoms with Gasteiger partial charge in [-0.1, -0.05) is 6.07 Å². The number of benzene rings is 1. The monoisotopic (exact) mass is 274 g/mol. The second-order valence-corrected chi connectivity index (χ2v) is 4.92. The molecule has 106 valence electrons. The lowest BCUT2D eigenvalue weighted by Gasteiger charge is -2.26. The molecule has 20 heavy (non-hydrogen) atoms. The molecule has 0 aliphatic carbocycles. The van der Waals surface area contributed by atoms with E-state index in [0.29, 0.717) is 24.3 Å². The minimum absolute atomic E-state index is 0.175. The van der Waals surface area contributed by atoms with Gasteiger partial charge in [-0.25, -0.2) is 0 Å². The fourth-order valence-corrected chi connectivity index (χ4v) is 2.30. The molecular formula is C15H18N2O3. The number of ether oxygens (including phenoxy) is 1. The van der Waals surface area contributed by atoms with Crippen LogP contribution in [0.2, 0.25) is 0 Å². The number of carbonyl (C=O) groups excluding carboxylic acids is 1. The van der Waals surface area contributed by atoms with Crippen molar-refractivity contribution >= 4 is 5.91 Å². The summed E-state index contributed by atoms with van der Waals surface area (Å²) in [5.41, 5.74) is 0.880. The Bertz CT molecular complexity index is 504. The number of hydrogen-bond donors (Lipinski definition) is 2.